The van der Waals surface area contributed by atoms with E-state index in [1.54, 1.807) is 0 Å². The fourth-order valence-corrected chi connectivity index (χ4v) is 1.41. The molecule has 0 aliphatic heterocycles. The molecule has 0 amide bonds. The van der Waals surface area contributed by atoms with Crippen LogP contribution < -0.4 is 0 Å². The van der Waals surface area contributed by atoms with Gasteiger partial charge in [0.2, 0.25) is 0 Å². The molecule has 1 nitrogen and oxygen atoms in total. The first-order valence-electron chi connectivity index (χ1n) is 5.41. The molecule has 80 valence electrons. The van der Waals surface area contributed by atoms with E-state index in [0.717, 1.165) is 18.4 Å². The van der Waals surface area contributed by atoms with Gasteiger partial charge in [-0.15, -0.1) is 0 Å². The zero-order chi connectivity index (χ0) is 10.4. The Morgan fingerprint density at radius 3 is 2.64 bits per heavy atom. The minimum Gasteiger partial charge on any atom is -0.365 e. The Morgan fingerprint density at radius 2 is 2.14 bits per heavy atom. The van der Waals surface area contributed by atoms with Crippen molar-refractivity contribution >= 4 is 15.9 Å². The Balaban J connectivity index is 2.31. The van der Waals surface area contributed by atoms with E-state index < -0.39 is 0 Å². The van der Waals surface area contributed by atoms with E-state index in [-0.39, 0.29) is 6.10 Å². The topological polar surface area (TPSA) is 9.23 Å². The van der Waals surface area contributed by atoms with E-state index in [2.05, 4.69) is 41.6 Å². The highest BCUT2D eigenvalue weighted by molar-refractivity contribution is 9.09. The summed E-state index contributed by atoms with van der Waals surface area (Å²) in [6.07, 6.45) is 3.78. The van der Waals surface area contributed by atoms with E-state index in [9.17, 15) is 0 Å². The molecule has 1 aliphatic carbocycles. The van der Waals surface area contributed by atoms with E-state index in [4.69, 9.17) is 4.74 Å². The van der Waals surface area contributed by atoms with Gasteiger partial charge in [0.15, 0.2) is 0 Å². The third-order valence-corrected chi connectivity index (χ3v) is 2.43. The van der Waals surface area contributed by atoms with Crippen LogP contribution in [0.3, 0.4) is 0 Å². The first-order valence-corrected chi connectivity index (χ1v) is 6.53. The predicted octanol–water partition coefficient (Wildman–Crippen LogP) is 3.23. The number of hydrogen-bond acceptors (Lipinski definition) is 1. The first kappa shape index (κ1) is 12.1. The molecule has 2 heteroatoms. The molecule has 0 aromatic carbocycles. The Labute approximate surface area is 95.7 Å². The molecule has 1 unspecified atom stereocenters. The lowest BCUT2D eigenvalue weighted by Crippen LogP contribution is -2.15. The van der Waals surface area contributed by atoms with Crippen molar-refractivity contribution in [3.05, 3.63) is 0 Å². The number of halogens is 1. The highest BCUT2D eigenvalue weighted by Gasteiger charge is 2.18. The van der Waals surface area contributed by atoms with Gasteiger partial charge in [0.25, 0.3) is 0 Å². The Bertz CT molecular complexity index is 210. The van der Waals surface area contributed by atoms with Crippen LogP contribution in [-0.4, -0.2) is 18.0 Å². The lowest BCUT2D eigenvalue weighted by atomic mass is 10.1. The summed E-state index contributed by atoms with van der Waals surface area (Å²) in [7, 11) is 0. The fraction of sp³-hybridized carbons (Fsp3) is 0.833. The minimum absolute atomic E-state index is 0.146. The minimum atomic E-state index is 0.146. The van der Waals surface area contributed by atoms with Gasteiger partial charge < -0.3 is 4.74 Å². The van der Waals surface area contributed by atoms with Gasteiger partial charge in [-0.25, -0.2) is 0 Å². The highest BCUT2D eigenvalue weighted by atomic mass is 79.9. The largest absolute Gasteiger partial charge is 0.365 e. The second-order valence-electron chi connectivity index (χ2n) is 4.24. The quantitative estimate of drug-likeness (QED) is 0.544. The van der Waals surface area contributed by atoms with Crippen molar-refractivity contribution in [3.8, 4) is 11.8 Å². The van der Waals surface area contributed by atoms with E-state index >= 15 is 0 Å². The summed E-state index contributed by atoms with van der Waals surface area (Å²) in [5.74, 6) is 7.87. The molecular formula is C12H19BrO. The van der Waals surface area contributed by atoms with Crippen LogP contribution >= 0.6 is 15.9 Å². The van der Waals surface area contributed by atoms with Gasteiger partial charge in [-0.05, 0) is 25.2 Å². The molecule has 0 aromatic heterocycles. The van der Waals surface area contributed by atoms with Crippen molar-refractivity contribution in [2.24, 2.45) is 11.8 Å². The Kier molecular flexibility index (Phi) is 5.59. The van der Waals surface area contributed by atoms with Crippen LogP contribution in [0.2, 0.25) is 0 Å². The number of alkyl halides is 1. The summed E-state index contributed by atoms with van der Waals surface area (Å²) in [6.45, 7) is 5.18. The molecule has 14 heavy (non-hydrogen) atoms. The average molecular weight is 259 g/mol. The van der Waals surface area contributed by atoms with Crippen LogP contribution in [0.15, 0.2) is 0 Å². The van der Waals surface area contributed by atoms with Gasteiger partial charge in [-0.3, -0.25) is 0 Å². The first-order chi connectivity index (χ1) is 6.72. The van der Waals surface area contributed by atoms with Crippen LogP contribution in [0, 0.1) is 23.7 Å². The smallest absolute Gasteiger partial charge is 0.118 e. The lowest BCUT2D eigenvalue weighted by Gasteiger charge is -2.13. The van der Waals surface area contributed by atoms with Crippen molar-refractivity contribution < 1.29 is 4.74 Å². The van der Waals surface area contributed by atoms with Crippen LogP contribution in [0.1, 0.15) is 33.1 Å². The molecule has 1 atom stereocenters. The third kappa shape index (κ3) is 5.67. The normalized spacial score (nSPS) is 17.7. The molecule has 0 spiro atoms. The summed E-state index contributed by atoms with van der Waals surface area (Å²) in [5.41, 5.74) is 0. The highest BCUT2D eigenvalue weighted by Crippen LogP contribution is 2.27. The van der Waals surface area contributed by atoms with Gasteiger partial charge >= 0.3 is 0 Å². The summed E-state index contributed by atoms with van der Waals surface area (Å²) < 4.78 is 5.66. The maximum Gasteiger partial charge on any atom is 0.118 e. The molecule has 1 aliphatic rings. The van der Waals surface area contributed by atoms with E-state index in [0.29, 0.717) is 11.8 Å². The monoisotopic (exact) mass is 258 g/mol. The maximum absolute atomic E-state index is 5.66. The van der Waals surface area contributed by atoms with Crippen molar-refractivity contribution in [2.75, 3.05) is 11.9 Å². The molecule has 1 rings (SSSR count). The van der Waals surface area contributed by atoms with Crippen LogP contribution in [-0.2, 0) is 4.74 Å². The van der Waals surface area contributed by atoms with Gasteiger partial charge in [-0.1, -0.05) is 41.6 Å². The molecule has 0 radical (unpaired) electrons. The second kappa shape index (κ2) is 6.48. The third-order valence-electron chi connectivity index (χ3n) is 2.11. The zero-order valence-electron chi connectivity index (χ0n) is 9.05. The molecule has 0 N–H and O–H groups in total. The fourth-order valence-electron chi connectivity index (χ4n) is 1.22. The SMILES string of the molecule is CC(C)CC(C#CC1CC1)OCCBr. The van der Waals surface area contributed by atoms with Gasteiger partial charge in [0.1, 0.15) is 6.10 Å². The standard InChI is InChI=1S/C12H19BrO/c1-10(2)9-12(14-8-7-13)6-5-11-3-4-11/h10-12H,3-4,7-9H2,1-2H3. The second-order valence-corrected chi connectivity index (χ2v) is 5.03. The van der Waals surface area contributed by atoms with Crippen LogP contribution in [0.25, 0.3) is 0 Å². The molecule has 1 saturated carbocycles. The summed E-state index contributed by atoms with van der Waals surface area (Å²) in [6, 6.07) is 0. The molecule has 1 fully saturated rings. The Hall–Kier alpha value is 0. The van der Waals surface area contributed by atoms with Crippen molar-refractivity contribution in [1.82, 2.24) is 0 Å². The van der Waals surface area contributed by atoms with Crippen molar-refractivity contribution in [1.29, 1.82) is 0 Å². The van der Waals surface area contributed by atoms with Gasteiger partial charge in [0, 0.05) is 11.2 Å². The molecule has 0 saturated heterocycles. The molecule has 0 bridgehead atoms. The zero-order valence-corrected chi connectivity index (χ0v) is 10.6. The lowest BCUT2D eigenvalue weighted by molar-refractivity contribution is 0.0903. The molecule has 0 aromatic rings. The van der Waals surface area contributed by atoms with Crippen LogP contribution in [0.4, 0.5) is 0 Å². The number of rotatable bonds is 5. The average Bonchev–Trinajstić information content (AvgIpc) is 2.92. The summed E-state index contributed by atoms with van der Waals surface area (Å²) >= 11 is 3.36. The number of hydrogen-bond donors (Lipinski definition) is 0. The van der Waals surface area contributed by atoms with E-state index in [1.165, 1.54) is 12.8 Å². The van der Waals surface area contributed by atoms with Crippen LogP contribution in [0.5, 0.6) is 0 Å². The molecule has 0 heterocycles. The van der Waals surface area contributed by atoms with Crippen molar-refractivity contribution in [2.45, 2.75) is 39.2 Å². The Morgan fingerprint density at radius 1 is 1.43 bits per heavy atom. The predicted molar refractivity (Wildman–Crippen MR) is 63.5 cm³/mol. The number of ether oxygens (including phenoxy) is 1. The summed E-state index contributed by atoms with van der Waals surface area (Å²) in [4.78, 5) is 0. The summed E-state index contributed by atoms with van der Waals surface area (Å²) in [5, 5.41) is 0.896. The molecular weight excluding hydrogens is 240 g/mol. The van der Waals surface area contributed by atoms with Gasteiger partial charge in [0.05, 0.1) is 6.61 Å². The van der Waals surface area contributed by atoms with Gasteiger partial charge in [-0.2, -0.15) is 0 Å². The maximum atomic E-state index is 5.66. The van der Waals surface area contributed by atoms with E-state index in [1.807, 2.05) is 0 Å². The van der Waals surface area contributed by atoms with Crippen molar-refractivity contribution in [3.63, 3.8) is 0 Å².